The highest BCUT2D eigenvalue weighted by molar-refractivity contribution is 5.77. The number of aromatic amines is 2. The molecule has 2 aromatic carbocycles. The van der Waals surface area contributed by atoms with Gasteiger partial charge in [0.25, 0.3) is 0 Å². The zero-order chi connectivity index (χ0) is 21.8. The average molecular weight is 425 g/mol. The normalized spacial score (nSPS) is 15.7. The second kappa shape index (κ2) is 9.39. The van der Waals surface area contributed by atoms with Crippen LogP contribution in [0.1, 0.15) is 54.5 Å². The van der Waals surface area contributed by atoms with Gasteiger partial charge in [-0.25, -0.2) is 9.97 Å². The molecule has 4 aromatic rings. The number of benzene rings is 2. The molecule has 0 saturated carbocycles. The maximum Gasteiger partial charge on any atom is 0.124 e. The summed E-state index contributed by atoms with van der Waals surface area (Å²) in [4.78, 5) is 16.1. The maximum atomic E-state index is 5.57. The zero-order valence-electron chi connectivity index (χ0n) is 18.1. The van der Waals surface area contributed by atoms with E-state index in [1.54, 1.807) is 0 Å². The molecule has 5 rings (SSSR count). The lowest BCUT2D eigenvalue weighted by Crippen LogP contribution is -2.13. The van der Waals surface area contributed by atoms with E-state index in [9.17, 15) is 0 Å². The van der Waals surface area contributed by atoms with Crippen LogP contribution in [0.5, 0.6) is 0 Å². The Morgan fingerprint density at radius 1 is 1.00 bits per heavy atom. The second-order valence-corrected chi connectivity index (χ2v) is 8.32. The summed E-state index contributed by atoms with van der Waals surface area (Å²) in [6.45, 7) is 1.79. The van der Waals surface area contributed by atoms with Gasteiger partial charge in [-0.2, -0.15) is 0 Å². The summed E-state index contributed by atoms with van der Waals surface area (Å²) >= 11 is 0. The third-order valence-corrected chi connectivity index (χ3v) is 5.93. The largest absolute Gasteiger partial charge is 0.342 e. The van der Waals surface area contributed by atoms with Crippen molar-refractivity contribution in [3.63, 3.8) is 0 Å². The van der Waals surface area contributed by atoms with Crippen molar-refractivity contribution in [2.75, 3.05) is 13.1 Å². The van der Waals surface area contributed by atoms with Crippen molar-refractivity contribution in [3.05, 3.63) is 71.4 Å². The van der Waals surface area contributed by atoms with Crippen LogP contribution in [0.4, 0.5) is 0 Å². The Hall–Kier alpha value is -3.40. The molecule has 2 aromatic heterocycles. The Kier molecular flexibility index (Phi) is 6.02. The van der Waals surface area contributed by atoms with Gasteiger partial charge in [0.05, 0.1) is 29.0 Å². The van der Waals surface area contributed by atoms with Crippen molar-refractivity contribution in [2.45, 2.75) is 38.1 Å². The SMILES string of the molecule is NCCCCc1ncc(-c2ccc(C#Cc3ccc4nc(C5CCCN5)[nH]c4c3)cc2)[nH]1. The van der Waals surface area contributed by atoms with Gasteiger partial charge in [-0.05, 0) is 74.7 Å². The van der Waals surface area contributed by atoms with E-state index >= 15 is 0 Å². The lowest BCUT2D eigenvalue weighted by atomic mass is 10.1. The van der Waals surface area contributed by atoms with E-state index in [1.807, 2.05) is 18.3 Å². The fraction of sp³-hybridized carbons (Fsp3) is 0.308. The Balaban J connectivity index is 1.28. The number of nitrogens with zero attached hydrogens (tertiary/aromatic N) is 2. The molecule has 6 nitrogen and oxygen atoms in total. The Morgan fingerprint density at radius 3 is 2.66 bits per heavy atom. The second-order valence-electron chi connectivity index (χ2n) is 8.32. The van der Waals surface area contributed by atoms with E-state index in [0.29, 0.717) is 6.04 Å². The maximum absolute atomic E-state index is 5.57. The quantitative estimate of drug-likeness (QED) is 0.277. The summed E-state index contributed by atoms with van der Waals surface area (Å²) in [7, 11) is 0. The molecule has 3 heterocycles. The van der Waals surface area contributed by atoms with Crippen molar-refractivity contribution < 1.29 is 0 Å². The van der Waals surface area contributed by atoms with Gasteiger partial charge >= 0.3 is 0 Å². The van der Waals surface area contributed by atoms with E-state index in [1.165, 1.54) is 6.42 Å². The highest BCUT2D eigenvalue weighted by atomic mass is 15.0. The highest BCUT2D eigenvalue weighted by Gasteiger charge is 2.19. The molecule has 5 N–H and O–H groups in total. The molecule has 0 radical (unpaired) electrons. The van der Waals surface area contributed by atoms with Crippen LogP contribution in [0.2, 0.25) is 0 Å². The summed E-state index contributed by atoms with van der Waals surface area (Å²) in [5.74, 6) is 8.59. The number of nitrogens with two attached hydrogens (primary N) is 1. The number of hydrogen-bond acceptors (Lipinski definition) is 4. The number of aromatic nitrogens is 4. The summed E-state index contributed by atoms with van der Waals surface area (Å²) in [5.41, 5.74) is 11.7. The molecule has 1 atom stereocenters. The van der Waals surface area contributed by atoms with Crippen LogP contribution in [0.25, 0.3) is 22.3 Å². The van der Waals surface area contributed by atoms with Crippen molar-refractivity contribution in [3.8, 4) is 23.1 Å². The van der Waals surface area contributed by atoms with Crippen molar-refractivity contribution in [1.29, 1.82) is 0 Å². The number of aryl methyl sites for hydroxylation is 1. The zero-order valence-corrected chi connectivity index (χ0v) is 18.1. The summed E-state index contributed by atoms with van der Waals surface area (Å²) in [5, 5.41) is 3.49. The molecule has 0 amide bonds. The minimum atomic E-state index is 0.340. The molecule has 0 spiro atoms. The van der Waals surface area contributed by atoms with Gasteiger partial charge in [-0.15, -0.1) is 0 Å². The minimum Gasteiger partial charge on any atom is -0.342 e. The van der Waals surface area contributed by atoms with Crippen LogP contribution in [-0.2, 0) is 6.42 Å². The lowest BCUT2D eigenvalue weighted by Gasteiger charge is -2.04. The third-order valence-electron chi connectivity index (χ3n) is 5.93. The summed E-state index contributed by atoms with van der Waals surface area (Å²) < 4.78 is 0. The highest BCUT2D eigenvalue weighted by Crippen LogP contribution is 2.23. The monoisotopic (exact) mass is 424 g/mol. The summed E-state index contributed by atoms with van der Waals surface area (Å²) in [6, 6.07) is 14.8. The number of nitrogens with one attached hydrogen (secondary N) is 3. The molecule has 1 aliphatic heterocycles. The molecule has 1 fully saturated rings. The fourth-order valence-electron chi connectivity index (χ4n) is 4.14. The van der Waals surface area contributed by atoms with Crippen LogP contribution in [0.3, 0.4) is 0 Å². The molecule has 6 heteroatoms. The number of rotatable bonds is 6. The molecular formula is C26H28N6. The van der Waals surface area contributed by atoms with Gasteiger partial charge in [0, 0.05) is 17.5 Å². The topological polar surface area (TPSA) is 95.4 Å². The standard InChI is InChI=1S/C26H28N6/c27-14-2-1-5-25-29-17-24(30-25)20-11-8-18(9-12-20)6-7-19-10-13-21-23(16-19)32-26(31-21)22-4-3-15-28-22/h8-13,16-17,22,28H,1-5,14-15,27H2,(H,29,30)(H,31,32). The number of hydrogen-bond donors (Lipinski definition) is 4. The van der Waals surface area contributed by atoms with Crippen LogP contribution < -0.4 is 11.1 Å². The van der Waals surface area contributed by atoms with E-state index in [2.05, 4.69) is 62.4 Å². The molecule has 1 saturated heterocycles. The number of imidazole rings is 2. The van der Waals surface area contributed by atoms with E-state index in [-0.39, 0.29) is 0 Å². The van der Waals surface area contributed by atoms with Gasteiger partial charge in [0.15, 0.2) is 0 Å². The van der Waals surface area contributed by atoms with Crippen molar-refractivity contribution in [2.24, 2.45) is 5.73 Å². The predicted molar refractivity (Wildman–Crippen MR) is 128 cm³/mol. The number of fused-ring (bicyclic) bond motifs is 1. The van der Waals surface area contributed by atoms with E-state index in [4.69, 9.17) is 10.7 Å². The molecule has 0 bridgehead atoms. The molecule has 162 valence electrons. The average Bonchev–Trinajstić information content (AvgIpc) is 3.58. The van der Waals surface area contributed by atoms with Gasteiger partial charge in [-0.3, -0.25) is 0 Å². The molecule has 1 unspecified atom stereocenters. The number of unbranched alkanes of at least 4 members (excludes halogenated alkanes) is 1. The predicted octanol–water partition coefficient (Wildman–Crippen LogP) is 4.06. The van der Waals surface area contributed by atoms with Crippen LogP contribution in [0, 0.1) is 11.8 Å². The first kappa shape index (κ1) is 20.5. The number of H-pyrrole nitrogens is 2. The van der Waals surface area contributed by atoms with Gasteiger partial charge in [0.1, 0.15) is 11.6 Å². The first-order valence-corrected chi connectivity index (χ1v) is 11.4. The molecule has 0 aliphatic carbocycles. The van der Waals surface area contributed by atoms with E-state index in [0.717, 1.165) is 83.8 Å². The molecular weight excluding hydrogens is 396 g/mol. The van der Waals surface area contributed by atoms with Crippen LogP contribution in [0.15, 0.2) is 48.7 Å². The van der Waals surface area contributed by atoms with Gasteiger partial charge < -0.3 is 21.0 Å². The summed E-state index contributed by atoms with van der Waals surface area (Å²) in [6.07, 6.45) is 7.24. The lowest BCUT2D eigenvalue weighted by molar-refractivity contribution is 0.614. The van der Waals surface area contributed by atoms with E-state index < -0.39 is 0 Å². The third kappa shape index (κ3) is 4.59. The first-order valence-electron chi connectivity index (χ1n) is 11.4. The Bertz CT molecular complexity index is 1250. The fourth-order valence-corrected chi connectivity index (χ4v) is 4.14. The van der Waals surface area contributed by atoms with Crippen molar-refractivity contribution in [1.82, 2.24) is 25.3 Å². The van der Waals surface area contributed by atoms with Crippen molar-refractivity contribution >= 4 is 11.0 Å². The molecule has 32 heavy (non-hydrogen) atoms. The molecule has 1 aliphatic rings. The Labute approximate surface area is 188 Å². The Morgan fingerprint density at radius 2 is 1.84 bits per heavy atom. The smallest absolute Gasteiger partial charge is 0.124 e. The minimum absolute atomic E-state index is 0.340. The first-order chi connectivity index (χ1) is 15.8. The van der Waals surface area contributed by atoms with Gasteiger partial charge in [0.2, 0.25) is 0 Å². The van der Waals surface area contributed by atoms with Gasteiger partial charge in [-0.1, -0.05) is 24.0 Å². The van der Waals surface area contributed by atoms with Crippen LogP contribution in [-0.4, -0.2) is 33.0 Å². The van der Waals surface area contributed by atoms with Crippen LogP contribution >= 0.6 is 0 Å².